The molecule has 0 spiro atoms. The molecule has 4 nitrogen and oxygen atoms in total. The highest BCUT2D eigenvalue weighted by atomic mass is 16.6. The van der Waals surface area contributed by atoms with E-state index >= 15 is 0 Å². The number of esters is 2. The maximum atomic E-state index is 12.3. The monoisotopic (exact) mass is 382 g/mol. The Kier molecular flexibility index (Phi) is 14.0. The molecule has 0 aliphatic rings. The standard InChI is InChI=1S/C23H42O4/c1-7-9-10-11-12-13-14-15-16-18-21(24)26-19(3)20(17-8-2)22(25)27-23(4,5)6/h8,19-20H,2,7,9-18H2,1,3-6H3/t19-,20?/m1/s1. The van der Waals surface area contributed by atoms with Gasteiger partial charge in [-0.15, -0.1) is 6.58 Å². The Hall–Kier alpha value is -1.32. The molecule has 0 aromatic carbocycles. The fourth-order valence-electron chi connectivity index (χ4n) is 2.96. The third-order valence-electron chi connectivity index (χ3n) is 4.50. The topological polar surface area (TPSA) is 52.6 Å². The van der Waals surface area contributed by atoms with Gasteiger partial charge in [0.05, 0.1) is 5.92 Å². The molecule has 1 unspecified atom stereocenters. The number of carbonyl (C=O) groups is 2. The minimum atomic E-state index is -0.559. The van der Waals surface area contributed by atoms with E-state index in [-0.39, 0.29) is 11.9 Å². The molecular formula is C23H42O4. The van der Waals surface area contributed by atoms with Crippen LogP contribution in [0.25, 0.3) is 0 Å². The SMILES string of the molecule is C=CCC(C(=O)OC(C)(C)C)[C@@H](C)OC(=O)CCCCCCCCCCC. The minimum Gasteiger partial charge on any atom is -0.462 e. The Balaban J connectivity index is 4.08. The molecule has 0 rings (SSSR count). The number of allylic oxidation sites excluding steroid dienone is 1. The van der Waals surface area contributed by atoms with Crippen molar-refractivity contribution in [2.75, 3.05) is 0 Å². The van der Waals surface area contributed by atoms with Gasteiger partial charge in [-0.05, 0) is 40.5 Å². The normalized spacial score (nSPS) is 13.7. The van der Waals surface area contributed by atoms with Gasteiger partial charge in [0.1, 0.15) is 11.7 Å². The third kappa shape index (κ3) is 14.4. The van der Waals surface area contributed by atoms with E-state index in [2.05, 4.69) is 13.5 Å². The molecule has 0 aliphatic carbocycles. The van der Waals surface area contributed by atoms with E-state index < -0.39 is 17.6 Å². The number of hydrogen-bond donors (Lipinski definition) is 0. The van der Waals surface area contributed by atoms with Crippen LogP contribution in [0.15, 0.2) is 12.7 Å². The van der Waals surface area contributed by atoms with E-state index in [0.29, 0.717) is 12.8 Å². The molecule has 27 heavy (non-hydrogen) atoms. The Morgan fingerprint density at radius 1 is 0.963 bits per heavy atom. The molecular weight excluding hydrogens is 340 g/mol. The van der Waals surface area contributed by atoms with E-state index in [1.165, 1.54) is 44.9 Å². The van der Waals surface area contributed by atoms with Crippen LogP contribution in [0.2, 0.25) is 0 Å². The summed E-state index contributed by atoms with van der Waals surface area (Å²) in [5.74, 6) is -1.08. The molecule has 0 amide bonds. The quantitative estimate of drug-likeness (QED) is 0.187. The van der Waals surface area contributed by atoms with E-state index in [4.69, 9.17) is 9.47 Å². The van der Waals surface area contributed by atoms with Gasteiger partial charge in [0, 0.05) is 6.42 Å². The van der Waals surface area contributed by atoms with E-state index in [1.54, 1.807) is 13.0 Å². The first-order valence-corrected chi connectivity index (χ1v) is 10.7. The second-order valence-corrected chi connectivity index (χ2v) is 8.44. The summed E-state index contributed by atoms with van der Waals surface area (Å²) in [6.45, 7) is 13.2. The largest absolute Gasteiger partial charge is 0.462 e. The second kappa shape index (κ2) is 14.7. The lowest BCUT2D eigenvalue weighted by molar-refractivity contribution is -0.168. The predicted molar refractivity (Wildman–Crippen MR) is 112 cm³/mol. The van der Waals surface area contributed by atoms with Crippen LogP contribution < -0.4 is 0 Å². The maximum Gasteiger partial charge on any atom is 0.313 e. The molecule has 0 aliphatic heterocycles. The van der Waals surface area contributed by atoms with Gasteiger partial charge in [-0.1, -0.05) is 64.4 Å². The summed E-state index contributed by atoms with van der Waals surface area (Å²) >= 11 is 0. The van der Waals surface area contributed by atoms with Crippen LogP contribution in [-0.2, 0) is 19.1 Å². The van der Waals surface area contributed by atoms with Crippen molar-refractivity contribution >= 4 is 11.9 Å². The summed E-state index contributed by atoms with van der Waals surface area (Å²) in [6, 6.07) is 0. The van der Waals surface area contributed by atoms with E-state index in [1.807, 2.05) is 20.8 Å². The average molecular weight is 383 g/mol. The Morgan fingerprint density at radius 3 is 1.96 bits per heavy atom. The summed E-state index contributed by atoms with van der Waals surface area (Å²) in [5.41, 5.74) is -0.559. The molecule has 0 aromatic heterocycles. The maximum absolute atomic E-state index is 12.3. The van der Waals surface area contributed by atoms with Crippen molar-refractivity contribution in [2.45, 2.75) is 117 Å². The first-order chi connectivity index (χ1) is 12.7. The second-order valence-electron chi connectivity index (χ2n) is 8.44. The smallest absolute Gasteiger partial charge is 0.313 e. The van der Waals surface area contributed by atoms with Crippen LogP contribution in [0.1, 0.15) is 105 Å². The van der Waals surface area contributed by atoms with Crippen LogP contribution in [-0.4, -0.2) is 23.6 Å². The van der Waals surface area contributed by atoms with Crippen LogP contribution in [0.4, 0.5) is 0 Å². The minimum absolute atomic E-state index is 0.233. The zero-order valence-corrected chi connectivity index (χ0v) is 18.4. The van der Waals surface area contributed by atoms with Gasteiger partial charge in [-0.25, -0.2) is 0 Å². The van der Waals surface area contributed by atoms with Gasteiger partial charge >= 0.3 is 11.9 Å². The Bertz CT molecular complexity index is 423. The number of carbonyl (C=O) groups excluding carboxylic acids is 2. The summed E-state index contributed by atoms with van der Waals surface area (Å²) in [6.07, 6.45) is 12.9. The van der Waals surface area contributed by atoms with Crippen LogP contribution >= 0.6 is 0 Å². The van der Waals surface area contributed by atoms with Gasteiger partial charge in [0.2, 0.25) is 0 Å². The van der Waals surface area contributed by atoms with Crippen molar-refractivity contribution < 1.29 is 19.1 Å². The Labute approximate surface area is 167 Å². The molecule has 0 bridgehead atoms. The zero-order valence-electron chi connectivity index (χ0n) is 18.4. The summed E-state index contributed by atoms with van der Waals surface area (Å²) in [5, 5.41) is 0. The van der Waals surface area contributed by atoms with Crippen LogP contribution in [0.5, 0.6) is 0 Å². The first-order valence-electron chi connectivity index (χ1n) is 10.7. The molecule has 0 N–H and O–H groups in total. The average Bonchev–Trinajstić information content (AvgIpc) is 2.56. The molecule has 0 saturated carbocycles. The number of rotatable bonds is 15. The highest BCUT2D eigenvalue weighted by Crippen LogP contribution is 2.20. The molecule has 158 valence electrons. The van der Waals surface area contributed by atoms with Gasteiger partial charge in [-0.3, -0.25) is 9.59 Å². The molecule has 0 radical (unpaired) electrons. The predicted octanol–water partition coefficient (Wildman–Crippen LogP) is 6.37. The molecule has 0 fully saturated rings. The summed E-state index contributed by atoms with van der Waals surface area (Å²) in [7, 11) is 0. The van der Waals surface area contributed by atoms with E-state index in [9.17, 15) is 9.59 Å². The number of unbranched alkanes of at least 4 members (excludes halogenated alkanes) is 8. The lowest BCUT2D eigenvalue weighted by atomic mass is 9.99. The van der Waals surface area contributed by atoms with Gasteiger partial charge in [-0.2, -0.15) is 0 Å². The Morgan fingerprint density at radius 2 is 1.48 bits per heavy atom. The van der Waals surface area contributed by atoms with Gasteiger partial charge in [0.25, 0.3) is 0 Å². The van der Waals surface area contributed by atoms with Crippen molar-refractivity contribution in [3.05, 3.63) is 12.7 Å². The van der Waals surface area contributed by atoms with Crippen molar-refractivity contribution in [2.24, 2.45) is 5.92 Å². The fourth-order valence-corrected chi connectivity index (χ4v) is 2.96. The molecule has 4 heteroatoms. The van der Waals surface area contributed by atoms with Crippen molar-refractivity contribution in [3.63, 3.8) is 0 Å². The highest BCUT2D eigenvalue weighted by molar-refractivity contribution is 5.75. The van der Waals surface area contributed by atoms with Gasteiger partial charge in [0.15, 0.2) is 0 Å². The fraction of sp³-hybridized carbons (Fsp3) is 0.826. The third-order valence-corrected chi connectivity index (χ3v) is 4.50. The van der Waals surface area contributed by atoms with Crippen molar-refractivity contribution in [3.8, 4) is 0 Å². The van der Waals surface area contributed by atoms with Crippen LogP contribution in [0.3, 0.4) is 0 Å². The lowest BCUT2D eigenvalue weighted by Gasteiger charge is -2.26. The van der Waals surface area contributed by atoms with Crippen molar-refractivity contribution in [1.82, 2.24) is 0 Å². The molecule has 2 atom stereocenters. The first kappa shape index (κ1) is 25.7. The lowest BCUT2D eigenvalue weighted by Crippen LogP contribution is -2.35. The number of ether oxygens (including phenoxy) is 2. The highest BCUT2D eigenvalue weighted by Gasteiger charge is 2.31. The molecule has 0 heterocycles. The van der Waals surface area contributed by atoms with Crippen molar-refractivity contribution in [1.29, 1.82) is 0 Å². The summed E-state index contributed by atoms with van der Waals surface area (Å²) < 4.78 is 10.9. The molecule has 0 aromatic rings. The van der Waals surface area contributed by atoms with E-state index in [0.717, 1.165) is 12.8 Å². The van der Waals surface area contributed by atoms with Gasteiger partial charge < -0.3 is 9.47 Å². The zero-order chi connectivity index (χ0) is 20.7. The molecule has 0 saturated heterocycles. The van der Waals surface area contributed by atoms with Crippen LogP contribution in [0, 0.1) is 5.92 Å². The number of hydrogen-bond acceptors (Lipinski definition) is 4. The summed E-state index contributed by atoms with van der Waals surface area (Å²) in [4.78, 5) is 24.4.